The van der Waals surface area contributed by atoms with Crippen molar-refractivity contribution in [2.24, 2.45) is 5.92 Å². The van der Waals surface area contributed by atoms with Gasteiger partial charge < -0.3 is 0 Å². The molecular formula is C9H15Br. The van der Waals surface area contributed by atoms with Gasteiger partial charge in [-0.2, -0.15) is 0 Å². The first kappa shape index (κ1) is 8.32. The Morgan fingerprint density at radius 1 is 1.70 bits per heavy atom. The van der Waals surface area contributed by atoms with Crippen LogP contribution in [-0.2, 0) is 0 Å². The Morgan fingerprint density at radius 3 is 3.00 bits per heavy atom. The van der Waals surface area contributed by atoms with E-state index in [1.165, 1.54) is 36.6 Å². The van der Waals surface area contributed by atoms with Gasteiger partial charge in [0, 0.05) is 0 Å². The highest BCUT2D eigenvalue weighted by molar-refractivity contribution is 9.11. The lowest BCUT2D eigenvalue weighted by Gasteiger charge is -2.18. The maximum Gasteiger partial charge on any atom is -0.00890 e. The van der Waals surface area contributed by atoms with Crippen LogP contribution >= 0.6 is 15.9 Å². The average Bonchev–Trinajstić information content (AvgIpc) is 1.95. The van der Waals surface area contributed by atoms with Crippen LogP contribution in [0, 0.1) is 5.92 Å². The standard InChI is InChI=1S/C9H15Br/c1-2-3-8-4-6-9(10)7-5-8/h6,8H,2-5,7H2,1H3/t8-/m0/s1. The zero-order valence-corrected chi connectivity index (χ0v) is 8.15. The van der Waals surface area contributed by atoms with E-state index >= 15 is 0 Å². The first-order valence-corrected chi connectivity index (χ1v) is 4.96. The Balaban J connectivity index is 2.27. The summed E-state index contributed by atoms with van der Waals surface area (Å²) in [7, 11) is 0. The molecule has 0 unspecified atom stereocenters. The highest BCUT2D eigenvalue weighted by Crippen LogP contribution is 2.29. The van der Waals surface area contributed by atoms with Crippen LogP contribution in [0.4, 0.5) is 0 Å². The van der Waals surface area contributed by atoms with E-state index in [-0.39, 0.29) is 0 Å². The van der Waals surface area contributed by atoms with Gasteiger partial charge in [0.2, 0.25) is 0 Å². The van der Waals surface area contributed by atoms with E-state index in [1.54, 1.807) is 0 Å². The largest absolute Gasteiger partial charge is 0.0741 e. The molecule has 0 aromatic carbocycles. The van der Waals surface area contributed by atoms with Crippen molar-refractivity contribution in [3.8, 4) is 0 Å². The molecule has 0 saturated heterocycles. The van der Waals surface area contributed by atoms with Crippen molar-refractivity contribution in [1.29, 1.82) is 0 Å². The van der Waals surface area contributed by atoms with Gasteiger partial charge in [0.25, 0.3) is 0 Å². The van der Waals surface area contributed by atoms with E-state index in [1.807, 2.05) is 0 Å². The summed E-state index contributed by atoms with van der Waals surface area (Å²) in [5, 5.41) is 0. The fourth-order valence-corrected chi connectivity index (χ4v) is 1.94. The molecule has 0 aromatic heterocycles. The molecule has 0 radical (unpaired) electrons. The summed E-state index contributed by atoms with van der Waals surface area (Å²) in [5.41, 5.74) is 0. The fourth-order valence-electron chi connectivity index (χ4n) is 1.53. The minimum Gasteiger partial charge on any atom is -0.0741 e. The van der Waals surface area contributed by atoms with Crippen molar-refractivity contribution in [2.75, 3.05) is 0 Å². The van der Waals surface area contributed by atoms with Crippen molar-refractivity contribution < 1.29 is 0 Å². The summed E-state index contributed by atoms with van der Waals surface area (Å²) < 4.78 is 1.42. The molecule has 1 aliphatic carbocycles. The first-order chi connectivity index (χ1) is 4.83. The van der Waals surface area contributed by atoms with Crippen LogP contribution in [0.5, 0.6) is 0 Å². The van der Waals surface area contributed by atoms with E-state index in [4.69, 9.17) is 0 Å². The van der Waals surface area contributed by atoms with Crippen molar-refractivity contribution in [2.45, 2.75) is 39.0 Å². The van der Waals surface area contributed by atoms with Crippen LogP contribution < -0.4 is 0 Å². The van der Waals surface area contributed by atoms with Crippen LogP contribution in [0.3, 0.4) is 0 Å². The van der Waals surface area contributed by atoms with Crippen LogP contribution in [0.25, 0.3) is 0 Å². The Bertz CT molecular complexity index is 127. The quantitative estimate of drug-likeness (QED) is 0.639. The lowest BCUT2D eigenvalue weighted by Crippen LogP contribution is -2.02. The minimum atomic E-state index is 0.978. The topological polar surface area (TPSA) is 0 Å². The summed E-state index contributed by atoms with van der Waals surface area (Å²) in [5.74, 6) is 0.978. The lowest BCUT2D eigenvalue weighted by atomic mass is 9.91. The molecule has 0 fully saturated rings. The summed E-state index contributed by atoms with van der Waals surface area (Å²) in [6.07, 6.45) is 9.06. The molecule has 1 heteroatoms. The molecule has 0 heterocycles. The third-order valence-corrected chi connectivity index (χ3v) is 2.88. The summed E-state index contributed by atoms with van der Waals surface area (Å²) >= 11 is 3.53. The highest BCUT2D eigenvalue weighted by atomic mass is 79.9. The summed E-state index contributed by atoms with van der Waals surface area (Å²) in [6, 6.07) is 0. The zero-order valence-electron chi connectivity index (χ0n) is 6.57. The van der Waals surface area contributed by atoms with E-state index in [9.17, 15) is 0 Å². The first-order valence-electron chi connectivity index (χ1n) is 4.17. The number of halogens is 1. The van der Waals surface area contributed by atoms with Gasteiger partial charge in [0.1, 0.15) is 0 Å². The maximum absolute atomic E-state index is 3.53. The molecule has 0 amide bonds. The lowest BCUT2D eigenvalue weighted by molar-refractivity contribution is 0.439. The molecule has 0 aliphatic heterocycles. The molecule has 10 heavy (non-hydrogen) atoms. The number of rotatable bonds is 2. The highest BCUT2D eigenvalue weighted by Gasteiger charge is 2.11. The molecule has 1 atom stereocenters. The average molecular weight is 203 g/mol. The maximum atomic E-state index is 3.53. The predicted octanol–water partition coefficient (Wildman–Crippen LogP) is 3.87. The van der Waals surface area contributed by atoms with Gasteiger partial charge in [-0.15, -0.1) is 0 Å². The predicted molar refractivity (Wildman–Crippen MR) is 49.3 cm³/mol. The smallest absolute Gasteiger partial charge is 0.00890 e. The van der Waals surface area contributed by atoms with Gasteiger partial charge in [-0.1, -0.05) is 41.8 Å². The van der Waals surface area contributed by atoms with Crippen LogP contribution in [0.2, 0.25) is 0 Å². The van der Waals surface area contributed by atoms with Crippen LogP contribution in [0.15, 0.2) is 10.6 Å². The number of hydrogen-bond donors (Lipinski definition) is 0. The third kappa shape index (κ3) is 2.45. The second-order valence-electron chi connectivity index (χ2n) is 3.08. The molecule has 1 aliphatic rings. The van der Waals surface area contributed by atoms with Gasteiger partial charge in [0.05, 0.1) is 0 Å². The van der Waals surface area contributed by atoms with Crippen molar-refractivity contribution >= 4 is 15.9 Å². The van der Waals surface area contributed by atoms with Gasteiger partial charge in [-0.25, -0.2) is 0 Å². The van der Waals surface area contributed by atoms with Crippen LogP contribution in [0.1, 0.15) is 39.0 Å². The molecule has 0 saturated carbocycles. The number of allylic oxidation sites excluding steroid dienone is 2. The van der Waals surface area contributed by atoms with Crippen molar-refractivity contribution in [3.05, 3.63) is 10.6 Å². The Hall–Kier alpha value is 0.220. The SMILES string of the molecule is CCC[C@H]1CC=C(Br)CC1. The van der Waals surface area contributed by atoms with Gasteiger partial charge in [-0.3, -0.25) is 0 Å². The molecule has 1 rings (SSSR count). The second-order valence-corrected chi connectivity index (χ2v) is 4.10. The number of hydrogen-bond acceptors (Lipinski definition) is 0. The summed E-state index contributed by atoms with van der Waals surface area (Å²) in [4.78, 5) is 0. The molecule has 0 nitrogen and oxygen atoms in total. The van der Waals surface area contributed by atoms with Gasteiger partial charge >= 0.3 is 0 Å². The fraction of sp³-hybridized carbons (Fsp3) is 0.778. The van der Waals surface area contributed by atoms with E-state index in [0.29, 0.717) is 0 Å². The molecule has 0 bridgehead atoms. The molecule has 0 N–H and O–H groups in total. The van der Waals surface area contributed by atoms with Gasteiger partial charge in [0.15, 0.2) is 0 Å². The third-order valence-electron chi connectivity index (χ3n) is 2.16. The zero-order chi connectivity index (χ0) is 7.40. The molecule has 58 valence electrons. The van der Waals surface area contributed by atoms with E-state index in [0.717, 1.165) is 5.92 Å². The minimum absolute atomic E-state index is 0.978. The Labute approximate surface area is 71.8 Å². The molecule has 0 aromatic rings. The van der Waals surface area contributed by atoms with Crippen molar-refractivity contribution in [1.82, 2.24) is 0 Å². The van der Waals surface area contributed by atoms with Gasteiger partial charge in [-0.05, 0) is 29.7 Å². The Morgan fingerprint density at radius 2 is 2.50 bits per heavy atom. The summed E-state index contributed by atoms with van der Waals surface area (Å²) in [6.45, 7) is 2.27. The molecular weight excluding hydrogens is 188 g/mol. The normalized spacial score (nSPS) is 26.2. The van der Waals surface area contributed by atoms with E-state index in [2.05, 4.69) is 28.9 Å². The van der Waals surface area contributed by atoms with E-state index < -0.39 is 0 Å². The van der Waals surface area contributed by atoms with Crippen LogP contribution in [-0.4, -0.2) is 0 Å². The van der Waals surface area contributed by atoms with Crippen molar-refractivity contribution in [3.63, 3.8) is 0 Å². The molecule has 0 spiro atoms. The second kappa shape index (κ2) is 4.17. The Kier molecular flexibility index (Phi) is 3.47. The monoisotopic (exact) mass is 202 g/mol.